The molecule has 0 aliphatic rings. The first-order chi connectivity index (χ1) is 13.8. The van der Waals surface area contributed by atoms with Crippen molar-refractivity contribution in [3.05, 3.63) is 95.0 Å². The van der Waals surface area contributed by atoms with E-state index in [-0.39, 0.29) is 12.5 Å². The van der Waals surface area contributed by atoms with Gasteiger partial charge in [0.1, 0.15) is 10.8 Å². The van der Waals surface area contributed by atoms with Gasteiger partial charge in [0.15, 0.2) is 6.61 Å². The Labute approximate surface area is 167 Å². The van der Waals surface area contributed by atoms with Crippen LogP contribution in [0.25, 0.3) is 10.2 Å². The van der Waals surface area contributed by atoms with E-state index in [0.717, 1.165) is 33.0 Å². The summed E-state index contributed by atoms with van der Waals surface area (Å²) in [7, 11) is 0. The molecule has 0 fully saturated rings. The number of ether oxygens (including phenoxy) is 1. The highest BCUT2D eigenvalue weighted by Crippen LogP contribution is 2.22. The van der Waals surface area contributed by atoms with Gasteiger partial charge in [0.25, 0.3) is 5.91 Å². The smallest absolute Gasteiger partial charge is 0.258 e. The number of carbonyl (C=O) groups is 1. The predicted octanol–water partition coefficient (Wildman–Crippen LogP) is 4.58. The zero-order valence-corrected chi connectivity index (χ0v) is 16.1. The minimum absolute atomic E-state index is 0.0172. The molecule has 4 aromatic rings. The van der Waals surface area contributed by atoms with E-state index in [2.05, 4.69) is 22.4 Å². The van der Waals surface area contributed by atoms with Crippen LogP contribution in [0.4, 0.5) is 0 Å². The second kappa shape index (κ2) is 8.67. The lowest BCUT2D eigenvalue weighted by Gasteiger charge is -2.11. The maximum atomic E-state index is 12.2. The summed E-state index contributed by atoms with van der Waals surface area (Å²) in [5.74, 6) is 0.579. The Morgan fingerprint density at radius 2 is 1.68 bits per heavy atom. The topological polar surface area (TPSA) is 51.2 Å². The van der Waals surface area contributed by atoms with Crippen LogP contribution < -0.4 is 10.1 Å². The van der Waals surface area contributed by atoms with Gasteiger partial charge in [0.2, 0.25) is 0 Å². The van der Waals surface area contributed by atoms with E-state index < -0.39 is 0 Å². The van der Waals surface area contributed by atoms with Gasteiger partial charge in [-0.3, -0.25) is 4.79 Å². The Hall–Kier alpha value is -3.18. The summed E-state index contributed by atoms with van der Waals surface area (Å²) >= 11 is 1.59. The van der Waals surface area contributed by atoms with Crippen LogP contribution in [0.2, 0.25) is 0 Å². The highest BCUT2D eigenvalue weighted by atomic mass is 32.1. The SMILES string of the molecule is O=C(COc1ccccc1Cc1ccccc1)NCc1nc2ccccc2s1. The van der Waals surface area contributed by atoms with Crippen molar-refractivity contribution in [1.29, 1.82) is 0 Å². The molecule has 0 atom stereocenters. The number of hydrogen-bond acceptors (Lipinski definition) is 4. The zero-order chi connectivity index (χ0) is 19.2. The molecule has 0 saturated heterocycles. The first kappa shape index (κ1) is 18.2. The number of nitrogens with zero attached hydrogens (tertiary/aromatic N) is 1. The summed E-state index contributed by atoms with van der Waals surface area (Å²) in [4.78, 5) is 16.7. The number of hydrogen-bond donors (Lipinski definition) is 1. The van der Waals surface area contributed by atoms with Crippen molar-refractivity contribution in [2.45, 2.75) is 13.0 Å². The number of para-hydroxylation sites is 2. The lowest BCUT2D eigenvalue weighted by atomic mass is 10.0. The Morgan fingerprint density at radius 3 is 2.54 bits per heavy atom. The summed E-state index contributed by atoms with van der Waals surface area (Å²) in [6.45, 7) is 0.393. The predicted molar refractivity (Wildman–Crippen MR) is 113 cm³/mol. The molecule has 5 heteroatoms. The number of aromatic nitrogens is 1. The van der Waals surface area contributed by atoms with E-state index in [1.807, 2.05) is 66.7 Å². The van der Waals surface area contributed by atoms with Crippen LogP contribution in [-0.4, -0.2) is 17.5 Å². The highest BCUT2D eigenvalue weighted by Gasteiger charge is 2.09. The Morgan fingerprint density at radius 1 is 0.929 bits per heavy atom. The van der Waals surface area contributed by atoms with Crippen LogP contribution in [0.5, 0.6) is 5.75 Å². The summed E-state index contributed by atoms with van der Waals surface area (Å²) < 4.78 is 6.91. The first-order valence-corrected chi connectivity index (χ1v) is 9.95. The molecule has 0 radical (unpaired) electrons. The van der Waals surface area contributed by atoms with Crippen LogP contribution in [-0.2, 0) is 17.8 Å². The second-order valence-electron chi connectivity index (χ2n) is 6.41. The van der Waals surface area contributed by atoms with Crippen molar-refractivity contribution in [3.8, 4) is 5.75 Å². The minimum atomic E-state index is -0.159. The van der Waals surface area contributed by atoms with Crippen molar-refractivity contribution in [2.75, 3.05) is 6.61 Å². The number of nitrogens with one attached hydrogen (secondary N) is 1. The van der Waals surface area contributed by atoms with Gasteiger partial charge in [-0.15, -0.1) is 11.3 Å². The third kappa shape index (κ3) is 4.56. The molecular weight excluding hydrogens is 368 g/mol. The lowest BCUT2D eigenvalue weighted by Crippen LogP contribution is -2.28. The minimum Gasteiger partial charge on any atom is -0.483 e. The molecule has 140 valence electrons. The molecular formula is C23H20N2O2S. The van der Waals surface area contributed by atoms with Crippen molar-refractivity contribution in [2.24, 2.45) is 0 Å². The second-order valence-corrected chi connectivity index (χ2v) is 7.53. The van der Waals surface area contributed by atoms with Gasteiger partial charge in [-0.1, -0.05) is 60.7 Å². The quantitative estimate of drug-likeness (QED) is 0.504. The lowest BCUT2D eigenvalue weighted by molar-refractivity contribution is -0.123. The number of fused-ring (bicyclic) bond motifs is 1. The van der Waals surface area contributed by atoms with Crippen LogP contribution >= 0.6 is 11.3 Å². The first-order valence-electron chi connectivity index (χ1n) is 9.14. The highest BCUT2D eigenvalue weighted by molar-refractivity contribution is 7.18. The molecule has 1 amide bonds. The van der Waals surface area contributed by atoms with Gasteiger partial charge in [-0.2, -0.15) is 0 Å². The van der Waals surface area contributed by atoms with Crippen LogP contribution in [0.1, 0.15) is 16.1 Å². The van der Waals surface area contributed by atoms with Crippen molar-refractivity contribution >= 4 is 27.5 Å². The van der Waals surface area contributed by atoms with Gasteiger partial charge in [-0.25, -0.2) is 4.98 Å². The van der Waals surface area contributed by atoms with Gasteiger partial charge < -0.3 is 10.1 Å². The van der Waals surface area contributed by atoms with Crippen LogP contribution in [0.15, 0.2) is 78.9 Å². The molecule has 4 rings (SSSR count). The normalized spacial score (nSPS) is 10.7. The molecule has 0 bridgehead atoms. The molecule has 3 aromatic carbocycles. The number of amides is 1. The van der Waals surface area contributed by atoms with E-state index in [4.69, 9.17) is 4.74 Å². The van der Waals surface area contributed by atoms with Crippen LogP contribution in [0, 0.1) is 0 Å². The van der Waals surface area contributed by atoms with Gasteiger partial charge in [0, 0.05) is 6.42 Å². The van der Waals surface area contributed by atoms with E-state index in [1.54, 1.807) is 11.3 Å². The fourth-order valence-corrected chi connectivity index (χ4v) is 3.88. The van der Waals surface area contributed by atoms with Gasteiger partial charge in [-0.05, 0) is 29.3 Å². The third-order valence-corrected chi connectivity index (χ3v) is 5.38. The zero-order valence-electron chi connectivity index (χ0n) is 15.3. The largest absolute Gasteiger partial charge is 0.483 e. The maximum absolute atomic E-state index is 12.2. The van der Waals surface area contributed by atoms with Crippen molar-refractivity contribution in [1.82, 2.24) is 10.3 Å². The molecule has 0 aliphatic heterocycles. The molecule has 4 nitrogen and oxygen atoms in total. The van der Waals surface area contributed by atoms with Gasteiger partial charge in [0.05, 0.1) is 16.8 Å². The average Bonchev–Trinajstić information content (AvgIpc) is 3.15. The molecule has 1 N–H and O–H groups in total. The Kier molecular flexibility index (Phi) is 5.64. The number of rotatable bonds is 7. The summed E-state index contributed by atoms with van der Waals surface area (Å²) in [6, 6.07) is 26.0. The summed E-state index contributed by atoms with van der Waals surface area (Å²) in [6.07, 6.45) is 0.768. The van der Waals surface area contributed by atoms with E-state index in [9.17, 15) is 4.79 Å². The van der Waals surface area contributed by atoms with E-state index >= 15 is 0 Å². The fourth-order valence-electron chi connectivity index (χ4n) is 2.97. The molecule has 0 unspecified atom stereocenters. The van der Waals surface area contributed by atoms with Crippen molar-refractivity contribution in [3.63, 3.8) is 0 Å². The number of carbonyl (C=O) groups excluding carboxylic acids is 1. The third-order valence-electron chi connectivity index (χ3n) is 4.34. The van der Waals surface area contributed by atoms with Crippen molar-refractivity contribution < 1.29 is 9.53 Å². The molecule has 0 aliphatic carbocycles. The molecule has 1 heterocycles. The summed E-state index contributed by atoms with van der Waals surface area (Å²) in [5.41, 5.74) is 3.23. The monoisotopic (exact) mass is 388 g/mol. The van der Waals surface area contributed by atoms with Crippen LogP contribution in [0.3, 0.4) is 0 Å². The fraction of sp³-hybridized carbons (Fsp3) is 0.130. The number of benzene rings is 3. The van der Waals surface area contributed by atoms with Gasteiger partial charge >= 0.3 is 0 Å². The maximum Gasteiger partial charge on any atom is 0.258 e. The standard InChI is InChI=1S/C23H20N2O2S/c26-22(24-15-23-25-19-11-5-7-13-21(19)28-23)16-27-20-12-6-4-10-18(20)14-17-8-2-1-3-9-17/h1-13H,14-16H2,(H,24,26). The Bertz CT molecular complexity index is 1040. The molecule has 28 heavy (non-hydrogen) atoms. The molecule has 1 aromatic heterocycles. The molecule has 0 saturated carbocycles. The summed E-state index contributed by atoms with van der Waals surface area (Å²) in [5, 5.41) is 3.77. The Balaban J connectivity index is 1.33. The number of thiazole rings is 1. The molecule has 0 spiro atoms. The van der Waals surface area contributed by atoms with E-state index in [0.29, 0.717) is 6.54 Å². The van der Waals surface area contributed by atoms with E-state index in [1.165, 1.54) is 5.56 Å². The average molecular weight is 388 g/mol.